The molecular formula is C36H53N7O4Si. The van der Waals surface area contributed by atoms with Crippen molar-refractivity contribution in [2.75, 3.05) is 32.1 Å². The number of carbonyl (C=O) groups is 1. The summed E-state index contributed by atoms with van der Waals surface area (Å²) in [7, 11) is -0.186. The van der Waals surface area contributed by atoms with Gasteiger partial charge in [-0.1, -0.05) is 26.8 Å². The molecule has 6 rings (SSSR count). The first kappa shape index (κ1) is 34.2. The minimum atomic E-state index is -1.84. The molecule has 0 radical (unpaired) electrons. The molecule has 260 valence electrons. The Kier molecular flexibility index (Phi) is 8.81. The molecule has 1 aliphatic heterocycles. The van der Waals surface area contributed by atoms with E-state index in [1.165, 1.54) is 0 Å². The van der Waals surface area contributed by atoms with Gasteiger partial charge in [-0.25, -0.2) is 14.3 Å². The zero-order valence-electron chi connectivity index (χ0n) is 30.4. The Morgan fingerprint density at radius 3 is 2.42 bits per heavy atom. The molecule has 12 heteroatoms. The van der Waals surface area contributed by atoms with E-state index in [1.807, 2.05) is 36.4 Å². The molecule has 1 saturated heterocycles. The number of nitrogens with zero attached hydrogens (tertiary/aromatic N) is 6. The Balaban J connectivity index is 1.15. The van der Waals surface area contributed by atoms with Gasteiger partial charge >= 0.3 is 6.09 Å². The normalized spacial score (nSPS) is 17.2. The zero-order valence-corrected chi connectivity index (χ0v) is 31.4. The highest BCUT2D eigenvalue weighted by molar-refractivity contribution is 6.74. The summed E-state index contributed by atoms with van der Waals surface area (Å²) in [6, 6.07) is 8.72. The van der Waals surface area contributed by atoms with Gasteiger partial charge < -0.3 is 28.7 Å². The lowest BCUT2D eigenvalue weighted by Gasteiger charge is -2.53. The van der Waals surface area contributed by atoms with Gasteiger partial charge in [0.15, 0.2) is 8.32 Å². The van der Waals surface area contributed by atoms with Crippen molar-refractivity contribution in [3.05, 3.63) is 36.3 Å². The van der Waals surface area contributed by atoms with Gasteiger partial charge in [-0.3, -0.25) is 0 Å². The standard InChI is InChI=1S/C36H53N7O4Si/c1-24-37-28-12-11-25(21-29(28)42(24)19-20-46-48(9,10)35(5,6)7)27-15-18-43-30(27)31(45-8)39-32(40-43)38-26-13-16-36(17-14-26)22-41(23-36)33(44)47-34(2,3)4/h11-12,15,18,21,26H,13-14,16-17,19-20,22-23H2,1-10H3,(H,38,40). The second-order valence-electron chi connectivity index (χ2n) is 16.3. The van der Waals surface area contributed by atoms with Crippen LogP contribution in [0.5, 0.6) is 5.88 Å². The monoisotopic (exact) mass is 675 g/mol. The quantitative estimate of drug-likeness (QED) is 0.190. The van der Waals surface area contributed by atoms with Crippen LogP contribution in [0.3, 0.4) is 0 Å². The molecule has 1 spiro atoms. The molecule has 1 N–H and O–H groups in total. The second-order valence-corrected chi connectivity index (χ2v) is 21.2. The maximum absolute atomic E-state index is 12.5. The number of anilines is 1. The van der Waals surface area contributed by atoms with Gasteiger partial charge in [-0.05, 0) is 95.3 Å². The Labute approximate surface area is 285 Å². The van der Waals surface area contributed by atoms with E-state index in [1.54, 1.807) is 7.11 Å². The molecule has 48 heavy (non-hydrogen) atoms. The predicted molar refractivity (Wildman–Crippen MR) is 192 cm³/mol. The van der Waals surface area contributed by atoms with E-state index in [-0.39, 0.29) is 22.6 Å². The van der Waals surface area contributed by atoms with Crippen LogP contribution in [0.2, 0.25) is 18.1 Å². The Morgan fingerprint density at radius 1 is 1.06 bits per heavy atom. The summed E-state index contributed by atoms with van der Waals surface area (Å²) in [5, 5.41) is 8.59. The number of methoxy groups -OCH3 is 1. The molecule has 0 bridgehead atoms. The zero-order chi connectivity index (χ0) is 34.6. The first-order valence-electron chi connectivity index (χ1n) is 17.3. The Bertz CT molecular complexity index is 1800. The van der Waals surface area contributed by atoms with E-state index in [0.717, 1.165) is 78.8 Å². The highest BCUT2D eigenvalue weighted by atomic mass is 28.4. The smallest absolute Gasteiger partial charge is 0.410 e. The molecule has 4 heterocycles. The van der Waals surface area contributed by atoms with Crippen molar-refractivity contribution in [1.29, 1.82) is 0 Å². The van der Waals surface area contributed by atoms with Crippen LogP contribution in [0.25, 0.3) is 27.7 Å². The number of aryl methyl sites for hydroxylation is 1. The number of amides is 1. The summed E-state index contributed by atoms with van der Waals surface area (Å²) in [5.41, 5.74) is 4.65. The molecular weight excluding hydrogens is 623 g/mol. The molecule has 0 unspecified atom stereocenters. The van der Waals surface area contributed by atoms with Crippen LogP contribution in [-0.2, 0) is 15.7 Å². The number of benzene rings is 1. The van der Waals surface area contributed by atoms with Crippen molar-refractivity contribution in [3.63, 3.8) is 0 Å². The molecule has 11 nitrogen and oxygen atoms in total. The lowest BCUT2D eigenvalue weighted by molar-refractivity contribution is -0.0496. The van der Waals surface area contributed by atoms with Crippen LogP contribution in [-0.4, -0.2) is 81.9 Å². The van der Waals surface area contributed by atoms with Gasteiger partial charge in [0.05, 0.1) is 24.8 Å². The van der Waals surface area contributed by atoms with Crippen LogP contribution in [0.4, 0.5) is 10.7 Å². The van der Waals surface area contributed by atoms with Gasteiger partial charge in [-0.2, -0.15) is 4.98 Å². The van der Waals surface area contributed by atoms with E-state index in [9.17, 15) is 4.79 Å². The maximum atomic E-state index is 12.5. The summed E-state index contributed by atoms with van der Waals surface area (Å²) in [6.45, 7) is 22.1. The first-order valence-corrected chi connectivity index (χ1v) is 20.2. The summed E-state index contributed by atoms with van der Waals surface area (Å²) in [6.07, 6.45) is 5.86. The number of carbonyl (C=O) groups excluding carboxylic acids is 1. The van der Waals surface area contributed by atoms with Crippen molar-refractivity contribution in [2.45, 2.75) is 110 Å². The minimum absolute atomic E-state index is 0.168. The van der Waals surface area contributed by atoms with E-state index < -0.39 is 13.9 Å². The number of likely N-dealkylation sites (tertiary alicyclic amines) is 1. The summed E-state index contributed by atoms with van der Waals surface area (Å²) in [4.78, 5) is 23.9. The van der Waals surface area contributed by atoms with Gasteiger partial charge in [-0.15, -0.1) is 5.10 Å². The Morgan fingerprint density at radius 2 is 1.77 bits per heavy atom. The van der Waals surface area contributed by atoms with Crippen LogP contribution < -0.4 is 10.1 Å². The molecule has 4 aromatic rings. The first-order chi connectivity index (χ1) is 22.5. The van der Waals surface area contributed by atoms with Crippen molar-refractivity contribution in [1.82, 2.24) is 29.0 Å². The van der Waals surface area contributed by atoms with E-state index >= 15 is 0 Å². The average molecular weight is 676 g/mol. The van der Waals surface area contributed by atoms with Crippen molar-refractivity contribution < 1.29 is 18.7 Å². The van der Waals surface area contributed by atoms with Crippen molar-refractivity contribution in [3.8, 4) is 17.0 Å². The fourth-order valence-electron chi connectivity index (χ4n) is 6.82. The largest absolute Gasteiger partial charge is 0.479 e. The maximum Gasteiger partial charge on any atom is 0.410 e. The number of ether oxygens (including phenoxy) is 2. The van der Waals surface area contributed by atoms with E-state index in [2.05, 4.69) is 74.9 Å². The highest BCUT2D eigenvalue weighted by Gasteiger charge is 2.48. The third-order valence-electron chi connectivity index (χ3n) is 10.6. The van der Waals surface area contributed by atoms with Crippen LogP contribution in [0.1, 0.15) is 73.1 Å². The number of hydrogen-bond donors (Lipinski definition) is 1. The number of imidazole rings is 1. The Hall–Kier alpha value is -3.64. The number of hydrogen-bond acceptors (Lipinski definition) is 8. The summed E-state index contributed by atoms with van der Waals surface area (Å²) in [5.74, 6) is 2.06. The highest BCUT2D eigenvalue weighted by Crippen LogP contribution is 2.45. The van der Waals surface area contributed by atoms with Crippen LogP contribution in [0.15, 0.2) is 30.5 Å². The molecule has 1 saturated carbocycles. The van der Waals surface area contributed by atoms with Gasteiger partial charge in [0, 0.05) is 42.9 Å². The molecule has 3 aromatic heterocycles. The van der Waals surface area contributed by atoms with Gasteiger partial charge in [0.25, 0.3) is 0 Å². The average Bonchev–Trinajstić information content (AvgIpc) is 3.54. The van der Waals surface area contributed by atoms with Gasteiger partial charge in [0.2, 0.25) is 11.8 Å². The number of fused-ring (bicyclic) bond motifs is 2. The van der Waals surface area contributed by atoms with Gasteiger partial charge in [0.1, 0.15) is 16.9 Å². The number of rotatable bonds is 8. The second kappa shape index (κ2) is 12.4. The molecule has 0 atom stereocenters. The topological polar surface area (TPSA) is 108 Å². The lowest BCUT2D eigenvalue weighted by Crippen LogP contribution is -2.60. The minimum Gasteiger partial charge on any atom is -0.479 e. The number of nitrogens with one attached hydrogen (secondary N) is 1. The molecule has 2 aliphatic rings. The van der Waals surface area contributed by atoms with E-state index in [4.69, 9.17) is 29.0 Å². The van der Waals surface area contributed by atoms with Crippen molar-refractivity contribution in [2.24, 2.45) is 5.41 Å². The summed E-state index contributed by atoms with van der Waals surface area (Å²) >= 11 is 0. The van der Waals surface area contributed by atoms with Crippen LogP contribution >= 0.6 is 0 Å². The van der Waals surface area contributed by atoms with Crippen molar-refractivity contribution >= 4 is 36.9 Å². The third-order valence-corrected chi connectivity index (χ3v) is 15.1. The fraction of sp³-hybridized carbons (Fsp3) is 0.611. The van der Waals surface area contributed by atoms with Crippen LogP contribution in [0, 0.1) is 12.3 Å². The third kappa shape index (κ3) is 6.78. The summed E-state index contributed by atoms with van der Waals surface area (Å²) < 4.78 is 22.0. The van der Waals surface area contributed by atoms with E-state index in [0.29, 0.717) is 18.4 Å². The SMILES string of the molecule is COc1nc(NC2CCC3(CC2)CN(C(=O)OC(C)(C)C)C3)nn2ccc(-c3ccc4nc(C)n(CCO[Si](C)(C)C(C)(C)C)c4c3)c12. The molecule has 1 amide bonds. The lowest BCUT2D eigenvalue weighted by atomic mass is 9.67. The fourth-order valence-corrected chi connectivity index (χ4v) is 7.86. The molecule has 2 fully saturated rings. The molecule has 1 aromatic carbocycles. The molecule has 1 aliphatic carbocycles. The predicted octanol–water partition coefficient (Wildman–Crippen LogP) is 7.68. The number of aromatic nitrogens is 5.